The van der Waals surface area contributed by atoms with Crippen LogP contribution in [0.3, 0.4) is 0 Å². The molecule has 0 atom stereocenters. The maximum Gasteiger partial charge on any atom is 0.128 e. The van der Waals surface area contributed by atoms with Gasteiger partial charge in [0.1, 0.15) is 11.5 Å². The maximum absolute atomic E-state index is 9.18. The average molecular weight is 292 g/mol. The van der Waals surface area contributed by atoms with Gasteiger partial charge in [0.05, 0.1) is 32.4 Å². The van der Waals surface area contributed by atoms with Gasteiger partial charge < -0.3 is 14.5 Å². The molecule has 0 bridgehead atoms. The van der Waals surface area contributed by atoms with Crippen LogP contribution in [-0.2, 0) is 6.42 Å². The minimum Gasteiger partial charge on any atom is -0.497 e. The highest BCUT2D eigenvalue weighted by molar-refractivity contribution is 5.92. The molecule has 22 heavy (non-hydrogen) atoms. The van der Waals surface area contributed by atoms with Crippen molar-refractivity contribution >= 4 is 10.9 Å². The molecule has 0 amide bonds. The number of ether oxygens (including phenoxy) is 2. The van der Waals surface area contributed by atoms with E-state index in [0.29, 0.717) is 6.42 Å². The van der Waals surface area contributed by atoms with Gasteiger partial charge in [-0.3, -0.25) is 0 Å². The highest BCUT2D eigenvalue weighted by Crippen LogP contribution is 2.37. The van der Waals surface area contributed by atoms with Gasteiger partial charge in [0.15, 0.2) is 0 Å². The standard InChI is InChI=1S/C18H16N2O2/c1-21-12-7-8-17(22-2)15(11-12)18-14(9-10-19)13-5-3-4-6-16(13)20-18/h3-8,11,20H,9H2,1-2H3. The Kier molecular flexibility index (Phi) is 3.71. The van der Waals surface area contributed by atoms with Crippen LogP contribution in [0.5, 0.6) is 11.5 Å². The van der Waals surface area contributed by atoms with Crippen molar-refractivity contribution in [2.45, 2.75) is 6.42 Å². The maximum atomic E-state index is 9.18. The van der Waals surface area contributed by atoms with Gasteiger partial charge >= 0.3 is 0 Å². The SMILES string of the molecule is COc1ccc(OC)c(-c2[nH]c3ccccc3c2CC#N)c1. The first kappa shape index (κ1) is 14.0. The van der Waals surface area contributed by atoms with Gasteiger partial charge in [0.25, 0.3) is 0 Å². The summed E-state index contributed by atoms with van der Waals surface area (Å²) in [6, 6.07) is 15.9. The van der Waals surface area contributed by atoms with E-state index < -0.39 is 0 Å². The van der Waals surface area contributed by atoms with E-state index >= 15 is 0 Å². The van der Waals surface area contributed by atoms with Crippen molar-refractivity contribution in [3.8, 4) is 28.8 Å². The third-order valence-corrected chi connectivity index (χ3v) is 3.75. The lowest BCUT2D eigenvalue weighted by Crippen LogP contribution is -1.93. The largest absolute Gasteiger partial charge is 0.497 e. The van der Waals surface area contributed by atoms with Crippen LogP contribution in [0.2, 0.25) is 0 Å². The summed E-state index contributed by atoms with van der Waals surface area (Å²) in [6.07, 6.45) is 0.333. The fraction of sp³-hybridized carbons (Fsp3) is 0.167. The Morgan fingerprint density at radius 2 is 1.91 bits per heavy atom. The fourth-order valence-corrected chi connectivity index (χ4v) is 2.70. The average Bonchev–Trinajstić information content (AvgIpc) is 2.93. The first-order chi connectivity index (χ1) is 10.8. The lowest BCUT2D eigenvalue weighted by atomic mass is 10.0. The molecule has 1 heterocycles. The molecule has 0 fully saturated rings. The van der Waals surface area contributed by atoms with Crippen LogP contribution in [0.1, 0.15) is 5.56 Å². The zero-order valence-corrected chi connectivity index (χ0v) is 12.5. The molecule has 3 aromatic rings. The number of hydrogen-bond acceptors (Lipinski definition) is 3. The number of nitrogens with one attached hydrogen (secondary N) is 1. The predicted octanol–water partition coefficient (Wildman–Crippen LogP) is 3.92. The van der Waals surface area contributed by atoms with Crippen LogP contribution in [0.4, 0.5) is 0 Å². The van der Waals surface area contributed by atoms with Gasteiger partial charge in [-0.1, -0.05) is 18.2 Å². The first-order valence-corrected chi connectivity index (χ1v) is 6.97. The Morgan fingerprint density at radius 1 is 1.09 bits per heavy atom. The van der Waals surface area contributed by atoms with Crippen molar-refractivity contribution in [1.82, 2.24) is 4.98 Å². The van der Waals surface area contributed by atoms with E-state index in [-0.39, 0.29) is 0 Å². The molecule has 0 aliphatic heterocycles. The number of rotatable bonds is 4. The summed E-state index contributed by atoms with van der Waals surface area (Å²) in [7, 11) is 3.27. The highest BCUT2D eigenvalue weighted by Gasteiger charge is 2.16. The molecular formula is C18H16N2O2. The van der Waals surface area contributed by atoms with E-state index in [2.05, 4.69) is 11.1 Å². The van der Waals surface area contributed by atoms with Crippen molar-refractivity contribution < 1.29 is 9.47 Å². The quantitative estimate of drug-likeness (QED) is 0.793. The molecule has 110 valence electrons. The monoisotopic (exact) mass is 292 g/mol. The zero-order valence-electron chi connectivity index (χ0n) is 12.5. The minimum atomic E-state index is 0.333. The lowest BCUT2D eigenvalue weighted by molar-refractivity contribution is 0.404. The summed E-state index contributed by atoms with van der Waals surface area (Å²) < 4.78 is 10.8. The van der Waals surface area contributed by atoms with E-state index in [4.69, 9.17) is 9.47 Å². The topological polar surface area (TPSA) is 58.0 Å². The number of hydrogen-bond donors (Lipinski definition) is 1. The van der Waals surface area contributed by atoms with E-state index in [1.54, 1.807) is 14.2 Å². The van der Waals surface area contributed by atoms with Crippen molar-refractivity contribution in [2.24, 2.45) is 0 Å². The van der Waals surface area contributed by atoms with Crippen LogP contribution in [0.15, 0.2) is 42.5 Å². The second-order valence-corrected chi connectivity index (χ2v) is 4.93. The molecule has 0 spiro atoms. The van der Waals surface area contributed by atoms with Crippen molar-refractivity contribution in [3.05, 3.63) is 48.0 Å². The third kappa shape index (κ3) is 2.27. The molecule has 0 aliphatic carbocycles. The Labute approximate surface area is 128 Å². The van der Waals surface area contributed by atoms with Crippen molar-refractivity contribution in [2.75, 3.05) is 14.2 Å². The number of para-hydroxylation sites is 1. The van der Waals surface area contributed by atoms with Gasteiger partial charge in [-0.25, -0.2) is 0 Å². The molecule has 2 aromatic carbocycles. The van der Waals surface area contributed by atoms with Gasteiger partial charge in [-0.15, -0.1) is 0 Å². The van der Waals surface area contributed by atoms with Crippen LogP contribution in [0, 0.1) is 11.3 Å². The summed E-state index contributed by atoms with van der Waals surface area (Å²) in [6.45, 7) is 0. The second-order valence-electron chi connectivity index (χ2n) is 4.93. The highest BCUT2D eigenvalue weighted by atomic mass is 16.5. The van der Waals surface area contributed by atoms with Crippen molar-refractivity contribution in [1.29, 1.82) is 5.26 Å². The minimum absolute atomic E-state index is 0.333. The molecule has 0 saturated heterocycles. The molecule has 3 rings (SSSR count). The number of benzene rings is 2. The second kappa shape index (κ2) is 5.82. The third-order valence-electron chi connectivity index (χ3n) is 3.75. The summed E-state index contributed by atoms with van der Waals surface area (Å²) in [4.78, 5) is 3.40. The van der Waals surface area contributed by atoms with Gasteiger partial charge in [0.2, 0.25) is 0 Å². The number of aromatic amines is 1. The number of fused-ring (bicyclic) bond motifs is 1. The van der Waals surface area contributed by atoms with Crippen LogP contribution < -0.4 is 9.47 Å². The summed E-state index contributed by atoms with van der Waals surface area (Å²) in [5, 5.41) is 10.2. The number of nitriles is 1. The molecule has 1 aromatic heterocycles. The number of methoxy groups -OCH3 is 2. The van der Waals surface area contributed by atoms with E-state index in [1.165, 1.54) is 0 Å². The molecule has 1 N–H and O–H groups in total. The van der Waals surface area contributed by atoms with E-state index in [0.717, 1.165) is 39.2 Å². The summed E-state index contributed by atoms with van der Waals surface area (Å²) in [5.41, 5.74) is 3.78. The fourth-order valence-electron chi connectivity index (χ4n) is 2.70. The molecule has 0 unspecified atom stereocenters. The summed E-state index contributed by atoms with van der Waals surface area (Å²) >= 11 is 0. The van der Waals surface area contributed by atoms with E-state index in [1.807, 2.05) is 42.5 Å². The Hall–Kier alpha value is -2.93. The number of nitrogens with zero attached hydrogens (tertiary/aromatic N) is 1. The zero-order chi connectivity index (χ0) is 15.5. The number of H-pyrrole nitrogens is 1. The molecule has 4 nitrogen and oxygen atoms in total. The smallest absolute Gasteiger partial charge is 0.128 e. The lowest BCUT2D eigenvalue weighted by Gasteiger charge is -2.10. The van der Waals surface area contributed by atoms with Gasteiger partial charge in [0, 0.05) is 16.5 Å². The normalized spacial score (nSPS) is 10.4. The predicted molar refractivity (Wildman–Crippen MR) is 86.2 cm³/mol. The van der Waals surface area contributed by atoms with Crippen LogP contribution >= 0.6 is 0 Å². The molecular weight excluding hydrogens is 276 g/mol. The molecule has 0 saturated carbocycles. The van der Waals surface area contributed by atoms with Crippen molar-refractivity contribution in [3.63, 3.8) is 0 Å². The van der Waals surface area contributed by atoms with Crippen LogP contribution in [0.25, 0.3) is 22.2 Å². The number of aromatic nitrogens is 1. The first-order valence-electron chi connectivity index (χ1n) is 6.97. The van der Waals surface area contributed by atoms with Gasteiger partial charge in [-0.2, -0.15) is 5.26 Å². The molecule has 4 heteroatoms. The molecule has 0 radical (unpaired) electrons. The molecule has 0 aliphatic rings. The Morgan fingerprint density at radius 3 is 2.64 bits per heavy atom. The Bertz CT molecular complexity index is 859. The summed E-state index contributed by atoms with van der Waals surface area (Å²) in [5.74, 6) is 1.49. The Balaban J connectivity index is 2.30. The van der Waals surface area contributed by atoms with Gasteiger partial charge in [-0.05, 0) is 29.8 Å². The van der Waals surface area contributed by atoms with Crippen LogP contribution in [-0.4, -0.2) is 19.2 Å². The van der Waals surface area contributed by atoms with E-state index in [9.17, 15) is 5.26 Å².